The predicted molar refractivity (Wildman–Crippen MR) is 243 cm³/mol. The molecule has 0 aromatic rings. The van der Waals surface area contributed by atoms with E-state index in [2.05, 4.69) is 80.7 Å². The summed E-state index contributed by atoms with van der Waals surface area (Å²) in [6.07, 6.45) is 53.0. The molecule has 0 spiro atoms. The molecule has 0 saturated heterocycles. The number of nitrogens with zero attached hydrogens (tertiary/aromatic N) is 1. The molecule has 8 heteroatoms. The van der Waals surface area contributed by atoms with Gasteiger partial charge in [0.2, 0.25) is 0 Å². The third kappa shape index (κ3) is 37.8. The van der Waals surface area contributed by atoms with Crippen LogP contribution < -0.4 is 0 Å². The lowest BCUT2D eigenvalue weighted by atomic mass is 10.1. The zero-order valence-corrected chi connectivity index (χ0v) is 37.2. The fraction of sp³-hybridized carbons (Fsp3) is 0.620. The second-order valence-electron chi connectivity index (χ2n) is 15.6. The average molecular weight is 809 g/mol. The second kappa shape index (κ2) is 40.0. The molecule has 0 aromatic heterocycles. The zero-order valence-electron chi connectivity index (χ0n) is 37.2. The van der Waals surface area contributed by atoms with Crippen molar-refractivity contribution >= 4 is 17.9 Å². The van der Waals surface area contributed by atoms with E-state index in [-0.39, 0.29) is 36.2 Å². The molecule has 0 amide bonds. The summed E-state index contributed by atoms with van der Waals surface area (Å²) in [5, 5.41) is 9.62. The highest BCUT2D eigenvalue weighted by atomic mass is 16.6. The van der Waals surface area contributed by atoms with E-state index in [4.69, 9.17) is 14.2 Å². The Labute approximate surface area is 354 Å². The summed E-state index contributed by atoms with van der Waals surface area (Å²) in [5.74, 6) is -1.53. The second-order valence-corrected chi connectivity index (χ2v) is 15.6. The van der Waals surface area contributed by atoms with Crippen LogP contribution in [0.3, 0.4) is 0 Å². The van der Waals surface area contributed by atoms with Gasteiger partial charge in [-0.3, -0.25) is 9.59 Å². The van der Waals surface area contributed by atoms with Crippen LogP contribution >= 0.6 is 0 Å². The van der Waals surface area contributed by atoms with Crippen molar-refractivity contribution in [3.63, 3.8) is 0 Å². The summed E-state index contributed by atoms with van der Waals surface area (Å²) in [7, 11) is 5.50. The molecule has 8 nitrogen and oxygen atoms in total. The van der Waals surface area contributed by atoms with Crippen molar-refractivity contribution < 1.29 is 38.2 Å². The molecule has 0 fully saturated rings. The van der Waals surface area contributed by atoms with Gasteiger partial charge in [-0.25, -0.2) is 4.79 Å². The number of quaternary nitrogens is 1. The van der Waals surface area contributed by atoms with Crippen LogP contribution in [-0.4, -0.2) is 80.6 Å². The molecule has 0 aliphatic rings. The summed E-state index contributed by atoms with van der Waals surface area (Å²) in [6.45, 7) is 4.42. The Kier molecular flexibility index (Phi) is 37.5. The molecular formula is C50H82NO7+. The van der Waals surface area contributed by atoms with Crippen molar-refractivity contribution in [2.24, 2.45) is 0 Å². The largest absolute Gasteiger partial charge is 0.477 e. The molecule has 2 unspecified atom stereocenters. The Hall–Kier alpha value is -3.75. The van der Waals surface area contributed by atoms with Gasteiger partial charge in [0.25, 0.3) is 0 Å². The number of ether oxygens (including phenoxy) is 3. The van der Waals surface area contributed by atoms with Crippen LogP contribution in [0.2, 0.25) is 0 Å². The first-order valence-electron chi connectivity index (χ1n) is 22.3. The van der Waals surface area contributed by atoms with Gasteiger partial charge in [-0.1, -0.05) is 156 Å². The molecule has 0 aliphatic carbocycles. The minimum Gasteiger partial charge on any atom is -0.477 e. The Morgan fingerprint density at radius 2 is 1.00 bits per heavy atom. The Morgan fingerprint density at radius 3 is 1.55 bits per heavy atom. The maximum absolute atomic E-state index is 12.7. The van der Waals surface area contributed by atoms with Gasteiger partial charge in [0, 0.05) is 19.3 Å². The van der Waals surface area contributed by atoms with E-state index in [1.807, 2.05) is 51.5 Å². The standard InChI is InChI=1S/C50H81NO7/c1-6-8-10-12-14-16-18-20-22-23-24-25-27-29-31-33-35-37-39-41-49(53)58-46(44-56-43-42-47(50(54)55)51(3,4)5)45-57-48(52)40-38-36-34-32-30-28-26-21-19-17-15-13-11-9-7-2/h8-11,13-17,19-22,24-26,46-47H,6-7,12,18,23,27-45H2,1-5H3/p+1/b10-8+,11-9+,15-13+,16-14+,19-17+,22-20+,25-24+,26-21+. The van der Waals surface area contributed by atoms with E-state index in [0.717, 1.165) is 103 Å². The third-order valence-electron chi connectivity index (χ3n) is 9.32. The van der Waals surface area contributed by atoms with Crippen LogP contribution in [0.5, 0.6) is 0 Å². The number of rotatable bonds is 38. The minimum atomic E-state index is -0.886. The van der Waals surface area contributed by atoms with Crippen molar-refractivity contribution in [1.29, 1.82) is 0 Å². The summed E-state index contributed by atoms with van der Waals surface area (Å²) < 4.78 is 17.2. The van der Waals surface area contributed by atoms with Gasteiger partial charge in [0.15, 0.2) is 12.1 Å². The number of carboxylic acids is 1. The molecule has 0 saturated carbocycles. The molecule has 0 bridgehead atoms. The quantitative estimate of drug-likeness (QED) is 0.0218. The van der Waals surface area contributed by atoms with Crippen molar-refractivity contribution in [3.8, 4) is 0 Å². The highest BCUT2D eigenvalue weighted by molar-refractivity contribution is 5.72. The number of hydrogen-bond donors (Lipinski definition) is 1. The Balaban J connectivity index is 4.42. The third-order valence-corrected chi connectivity index (χ3v) is 9.32. The number of allylic oxidation sites excluding steroid dienone is 16. The van der Waals surface area contributed by atoms with Crippen LogP contribution in [-0.2, 0) is 28.6 Å². The van der Waals surface area contributed by atoms with Crippen molar-refractivity contribution in [2.45, 2.75) is 161 Å². The Morgan fingerprint density at radius 1 is 0.534 bits per heavy atom. The number of carbonyl (C=O) groups is 3. The SMILES string of the molecule is CC/C=C/C=C/C=C/C=C/CCCCCCCC(=O)OCC(COCCC(C(=O)O)[N+](C)(C)C)OC(=O)CCCCCCCC/C=C/C/C=C/C/C=C/C/C=C/CC. The molecule has 1 N–H and O–H groups in total. The van der Waals surface area contributed by atoms with Gasteiger partial charge in [-0.05, 0) is 70.6 Å². The molecular weight excluding hydrogens is 727 g/mol. The number of carbonyl (C=O) groups excluding carboxylic acids is 2. The molecule has 328 valence electrons. The van der Waals surface area contributed by atoms with Gasteiger partial charge in [-0.15, -0.1) is 0 Å². The molecule has 2 atom stereocenters. The highest BCUT2D eigenvalue weighted by Crippen LogP contribution is 2.13. The number of unbranched alkanes of at least 4 members (excludes halogenated alkanes) is 11. The van der Waals surface area contributed by atoms with Crippen molar-refractivity contribution in [2.75, 3.05) is 41.0 Å². The highest BCUT2D eigenvalue weighted by Gasteiger charge is 2.31. The molecule has 0 radical (unpaired) electrons. The molecule has 58 heavy (non-hydrogen) atoms. The summed E-state index contributed by atoms with van der Waals surface area (Å²) in [5.41, 5.74) is 0. The number of hydrogen-bond acceptors (Lipinski definition) is 6. The normalized spacial score (nSPS) is 13.9. The van der Waals surface area contributed by atoms with Crippen LogP contribution in [0.15, 0.2) is 97.2 Å². The lowest BCUT2D eigenvalue weighted by Crippen LogP contribution is -2.50. The molecule has 0 rings (SSSR count). The van der Waals surface area contributed by atoms with E-state index < -0.39 is 18.1 Å². The van der Waals surface area contributed by atoms with Crippen LogP contribution in [0.1, 0.15) is 149 Å². The summed E-state index contributed by atoms with van der Waals surface area (Å²) in [4.78, 5) is 37.0. The topological polar surface area (TPSA) is 99.1 Å². The minimum absolute atomic E-state index is 0.0407. The Bertz CT molecular complexity index is 1260. The summed E-state index contributed by atoms with van der Waals surface area (Å²) in [6, 6.07) is -0.627. The smallest absolute Gasteiger partial charge is 0.362 e. The van der Waals surface area contributed by atoms with Gasteiger partial charge < -0.3 is 23.8 Å². The predicted octanol–water partition coefficient (Wildman–Crippen LogP) is 12.3. The first-order valence-corrected chi connectivity index (χ1v) is 22.3. The number of likely N-dealkylation sites (N-methyl/N-ethyl adjacent to an activating group) is 1. The monoisotopic (exact) mass is 809 g/mol. The van der Waals surface area contributed by atoms with Gasteiger partial charge >= 0.3 is 17.9 Å². The van der Waals surface area contributed by atoms with E-state index in [0.29, 0.717) is 19.3 Å². The molecule has 0 heterocycles. The van der Waals surface area contributed by atoms with E-state index in [9.17, 15) is 19.5 Å². The number of aliphatic carboxylic acids is 1. The molecule has 0 aliphatic heterocycles. The zero-order chi connectivity index (χ0) is 42.8. The average Bonchev–Trinajstić information content (AvgIpc) is 3.18. The van der Waals surface area contributed by atoms with E-state index in [1.54, 1.807) is 0 Å². The van der Waals surface area contributed by atoms with Gasteiger partial charge in [0.05, 0.1) is 34.4 Å². The van der Waals surface area contributed by atoms with Gasteiger partial charge in [-0.2, -0.15) is 0 Å². The first kappa shape index (κ1) is 54.2. The number of esters is 2. The van der Waals surface area contributed by atoms with Gasteiger partial charge in [0.1, 0.15) is 6.61 Å². The first-order chi connectivity index (χ1) is 28.1. The lowest BCUT2D eigenvalue weighted by molar-refractivity contribution is -0.887. The lowest BCUT2D eigenvalue weighted by Gasteiger charge is -2.31. The fourth-order valence-electron chi connectivity index (χ4n) is 5.91. The maximum Gasteiger partial charge on any atom is 0.362 e. The van der Waals surface area contributed by atoms with E-state index in [1.165, 1.54) is 12.8 Å². The van der Waals surface area contributed by atoms with Crippen molar-refractivity contribution in [3.05, 3.63) is 97.2 Å². The van der Waals surface area contributed by atoms with Crippen LogP contribution in [0.4, 0.5) is 0 Å². The van der Waals surface area contributed by atoms with Crippen LogP contribution in [0.25, 0.3) is 0 Å². The number of carboxylic acid groups (broad SMARTS) is 1. The van der Waals surface area contributed by atoms with E-state index >= 15 is 0 Å². The fourth-order valence-corrected chi connectivity index (χ4v) is 5.91. The maximum atomic E-state index is 12.7. The summed E-state index contributed by atoms with van der Waals surface area (Å²) >= 11 is 0. The van der Waals surface area contributed by atoms with Crippen molar-refractivity contribution in [1.82, 2.24) is 0 Å². The van der Waals surface area contributed by atoms with Crippen LogP contribution in [0, 0.1) is 0 Å². The molecule has 0 aromatic carbocycles.